The first-order valence-electron chi connectivity index (χ1n) is 8.79. The molecule has 0 aromatic carbocycles. The Morgan fingerprint density at radius 3 is 2.92 bits per heavy atom. The molecule has 1 aliphatic carbocycles. The van der Waals surface area contributed by atoms with E-state index in [0.29, 0.717) is 24.5 Å². The lowest BCUT2D eigenvalue weighted by atomic mass is 9.95. The van der Waals surface area contributed by atoms with Gasteiger partial charge in [0.25, 0.3) is 5.91 Å². The largest absolute Gasteiger partial charge is 0.350 e. The van der Waals surface area contributed by atoms with Crippen molar-refractivity contribution in [1.29, 1.82) is 0 Å². The molecular formula is C19H24N4O. The van der Waals surface area contributed by atoms with Gasteiger partial charge in [0.2, 0.25) is 0 Å². The number of amides is 1. The number of nitrogens with one attached hydrogen (secondary N) is 1. The lowest BCUT2D eigenvalue weighted by Crippen LogP contribution is -2.33. The van der Waals surface area contributed by atoms with Crippen LogP contribution < -0.4 is 5.32 Å². The standard InChI is InChI=1S/C19H24N4O/c1-22-11-8-15(18(22)14-4-2-9-20-12-14)13-21-19(24)17-5-3-10-23(17)16-6-7-16/h2-5,9-10,12,15-16,18H,6-8,11,13H2,1H3,(H,21,24)/t15-,18-/m0/s1. The molecule has 5 heteroatoms. The fourth-order valence-electron chi connectivity index (χ4n) is 3.89. The van der Waals surface area contributed by atoms with Gasteiger partial charge < -0.3 is 9.88 Å². The smallest absolute Gasteiger partial charge is 0.267 e. The van der Waals surface area contributed by atoms with Crippen LogP contribution in [0.5, 0.6) is 0 Å². The number of aromatic nitrogens is 2. The third-order valence-corrected chi connectivity index (χ3v) is 5.28. The summed E-state index contributed by atoms with van der Waals surface area (Å²) in [5, 5.41) is 3.16. The van der Waals surface area contributed by atoms with Crippen LogP contribution in [0.1, 0.15) is 47.4 Å². The van der Waals surface area contributed by atoms with Gasteiger partial charge in [-0.25, -0.2) is 0 Å². The number of hydrogen-bond donors (Lipinski definition) is 1. The zero-order chi connectivity index (χ0) is 16.5. The summed E-state index contributed by atoms with van der Waals surface area (Å²) in [5.41, 5.74) is 2.03. The van der Waals surface area contributed by atoms with Crippen LogP contribution in [0.25, 0.3) is 0 Å². The lowest BCUT2D eigenvalue weighted by Gasteiger charge is -2.25. The van der Waals surface area contributed by atoms with E-state index in [9.17, 15) is 4.79 Å². The average molecular weight is 324 g/mol. The maximum Gasteiger partial charge on any atom is 0.267 e. The fourth-order valence-corrected chi connectivity index (χ4v) is 3.89. The SMILES string of the molecule is CN1CC[C@@H](CNC(=O)c2cccn2C2CC2)[C@@H]1c1cccnc1. The molecule has 2 aromatic heterocycles. The van der Waals surface area contributed by atoms with Crippen LogP contribution in [0.15, 0.2) is 42.9 Å². The minimum absolute atomic E-state index is 0.0476. The van der Waals surface area contributed by atoms with Gasteiger partial charge in [-0.1, -0.05) is 6.07 Å². The second-order valence-corrected chi connectivity index (χ2v) is 7.00. The van der Waals surface area contributed by atoms with E-state index >= 15 is 0 Å². The summed E-state index contributed by atoms with van der Waals surface area (Å²) >= 11 is 0. The van der Waals surface area contributed by atoms with Gasteiger partial charge in [-0.3, -0.25) is 14.7 Å². The average Bonchev–Trinajstić information content (AvgIpc) is 3.21. The molecule has 5 nitrogen and oxygen atoms in total. The second kappa shape index (κ2) is 6.40. The first-order valence-corrected chi connectivity index (χ1v) is 8.79. The quantitative estimate of drug-likeness (QED) is 0.920. The molecule has 2 aliphatic rings. The van der Waals surface area contributed by atoms with E-state index in [2.05, 4.69) is 32.9 Å². The van der Waals surface area contributed by atoms with E-state index in [0.717, 1.165) is 18.7 Å². The van der Waals surface area contributed by atoms with Crippen LogP contribution in [0.4, 0.5) is 0 Å². The molecule has 0 unspecified atom stereocenters. The highest BCUT2D eigenvalue weighted by Crippen LogP contribution is 2.37. The highest BCUT2D eigenvalue weighted by molar-refractivity contribution is 5.92. The number of pyridine rings is 1. The molecule has 126 valence electrons. The second-order valence-electron chi connectivity index (χ2n) is 7.00. The first kappa shape index (κ1) is 15.4. The van der Waals surface area contributed by atoms with E-state index < -0.39 is 0 Å². The molecule has 3 heterocycles. The van der Waals surface area contributed by atoms with Crippen molar-refractivity contribution < 1.29 is 4.79 Å². The third kappa shape index (κ3) is 2.96. The Labute approximate surface area is 142 Å². The molecule has 4 rings (SSSR count). The van der Waals surface area contributed by atoms with E-state index in [-0.39, 0.29) is 5.91 Å². The molecular weight excluding hydrogens is 300 g/mol. The summed E-state index contributed by atoms with van der Waals surface area (Å²) < 4.78 is 2.12. The molecule has 1 saturated heterocycles. The molecule has 2 aromatic rings. The highest BCUT2D eigenvalue weighted by Gasteiger charge is 2.33. The van der Waals surface area contributed by atoms with E-state index in [1.807, 2.05) is 30.6 Å². The van der Waals surface area contributed by atoms with Gasteiger partial charge in [0.1, 0.15) is 5.69 Å². The minimum Gasteiger partial charge on any atom is -0.350 e. The Hall–Kier alpha value is -2.14. The predicted molar refractivity (Wildman–Crippen MR) is 92.8 cm³/mol. The van der Waals surface area contributed by atoms with Crippen LogP contribution in [0.3, 0.4) is 0 Å². The first-order chi connectivity index (χ1) is 11.7. The van der Waals surface area contributed by atoms with Crippen molar-refractivity contribution in [1.82, 2.24) is 19.8 Å². The molecule has 1 aliphatic heterocycles. The topological polar surface area (TPSA) is 50.2 Å². The molecule has 1 N–H and O–H groups in total. The predicted octanol–water partition coefficient (Wildman–Crippen LogP) is 2.64. The zero-order valence-corrected chi connectivity index (χ0v) is 14.1. The summed E-state index contributed by atoms with van der Waals surface area (Å²) in [6.45, 7) is 1.76. The molecule has 2 fully saturated rings. The van der Waals surface area contributed by atoms with Gasteiger partial charge in [-0.15, -0.1) is 0 Å². The Balaban J connectivity index is 1.43. The van der Waals surface area contributed by atoms with Gasteiger partial charge in [0.15, 0.2) is 0 Å². The van der Waals surface area contributed by atoms with Crippen LogP contribution in [0, 0.1) is 5.92 Å². The summed E-state index contributed by atoms with van der Waals surface area (Å²) in [4.78, 5) is 19.2. The van der Waals surface area contributed by atoms with Crippen molar-refractivity contribution in [2.75, 3.05) is 20.1 Å². The van der Waals surface area contributed by atoms with Crippen LogP contribution in [-0.2, 0) is 0 Å². The van der Waals surface area contributed by atoms with Gasteiger partial charge in [0, 0.05) is 37.2 Å². The summed E-state index contributed by atoms with van der Waals surface area (Å²) in [5.74, 6) is 0.471. The summed E-state index contributed by atoms with van der Waals surface area (Å²) in [6, 6.07) is 8.87. The number of carbonyl (C=O) groups excluding carboxylic acids is 1. The van der Waals surface area contributed by atoms with Crippen molar-refractivity contribution in [2.24, 2.45) is 5.92 Å². The van der Waals surface area contributed by atoms with E-state index in [4.69, 9.17) is 0 Å². The Morgan fingerprint density at radius 2 is 2.17 bits per heavy atom. The monoisotopic (exact) mass is 324 g/mol. The van der Waals surface area contributed by atoms with Crippen LogP contribution >= 0.6 is 0 Å². The van der Waals surface area contributed by atoms with Gasteiger partial charge in [0.05, 0.1) is 0 Å². The van der Waals surface area contributed by atoms with Crippen molar-refractivity contribution in [3.8, 4) is 0 Å². The zero-order valence-electron chi connectivity index (χ0n) is 14.1. The molecule has 0 spiro atoms. The molecule has 0 bridgehead atoms. The van der Waals surface area contributed by atoms with Gasteiger partial charge in [-0.2, -0.15) is 0 Å². The van der Waals surface area contributed by atoms with E-state index in [1.165, 1.54) is 18.4 Å². The lowest BCUT2D eigenvalue weighted by molar-refractivity contribution is 0.0934. The Kier molecular flexibility index (Phi) is 4.10. The highest BCUT2D eigenvalue weighted by atomic mass is 16.1. The number of rotatable bonds is 5. The van der Waals surface area contributed by atoms with Crippen LogP contribution in [0.2, 0.25) is 0 Å². The maximum atomic E-state index is 12.6. The maximum absolute atomic E-state index is 12.6. The molecule has 1 amide bonds. The number of nitrogens with zero attached hydrogens (tertiary/aromatic N) is 3. The number of likely N-dealkylation sites (tertiary alicyclic amines) is 1. The van der Waals surface area contributed by atoms with Gasteiger partial charge >= 0.3 is 0 Å². The molecule has 0 radical (unpaired) electrons. The van der Waals surface area contributed by atoms with Gasteiger partial charge in [-0.05, 0) is 62.5 Å². The Bertz CT molecular complexity index is 707. The molecule has 2 atom stereocenters. The third-order valence-electron chi connectivity index (χ3n) is 5.28. The minimum atomic E-state index is 0.0476. The number of hydrogen-bond acceptors (Lipinski definition) is 3. The van der Waals surface area contributed by atoms with Crippen molar-refractivity contribution >= 4 is 5.91 Å². The van der Waals surface area contributed by atoms with Crippen LogP contribution in [-0.4, -0.2) is 40.5 Å². The molecule has 1 saturated carbocycles. The van der Waals surface area contributed by atoms with Crippen molar-refractivity contribution in [3.63, 3.8) is 0 Å². The summed E-state index contributed by atoms with van der Waals surface area (Å²) in [7, 11) is 2.15. The molecule has 24 heavy (non-hydrogen) atoms. The normalized spacial score (nSPS) is 24.2. The van der Waals surface area contributed by atoms with Crippen molar-refractivity contribution in [2.45, 2.75) is 31.3 Å². The fraction of sp³-hybridized carbons (Fsp3) is 0.474. The Morgan fingerprint density at radius 1 is 1.29 bits per heavy atom. The van der Waals surface area contributed by atoms with Crippen molar-refractivity contribution in [3.05, 3.63) is 54.1 Å². The summed E-state index contributed by atoms with van der Waals surface area (Å²) in [6.07, 6.45) is 9.24. The number of carbonyl (C=O) groups is 1. The van der Waals surface area contributed by atoms with E-state index in [1.54, 1.807) is 6.20 Å².